The minimum absolute atomic E-state index is 0.394. The van der Waals surface area contributed by atoms with Crippen LogP contribution in [0.15, 0.2) is 24.3 Å². The molecule has 3 atom stereocenters. The molecule has 3 rings (SSSR count). The maximum absolute atomic E-state index is 13.1. The molecular formula is C17H19F3N2O4. The lowest BCUT2D eigenvalue weighted by Crippen LogP contribution is -2.41. The van der Waals surface area contributed by atoms with Crippen LogP contribution < -0.4 is 10.1 Å². The lowest BCUT2D eigenvalue weighted by Gasteiger charge is -2.23. The van der Waals surface area contributed by atoms with Crippen molar-refractivity contribution in [3.63, 3.8) is 0 Å². The van der Waals surface area contributed by atoms with Crippen LogP contribution in [0.4, 0.5) is 18.0 Å². The first-order valence-corrected chi connectivity index (χ1v) is 8.34. The third-order valence-corrected chi connectivity index (χ3v) is 4.83. The number of likely N-dealkylation sites (tertiary alicyclic amines) is 1. The molecule has 0 spiro atoms. The van der Waals surface area contributed by atoms with Crippen molar-refractivity contribution in [2.75, 3.05) is 19.7 Å². The van der Waals surface area contributed by atoms with E-state index in [-0.39, 0.29) is 0 Å². The molecule has 2 N–H and O–H groups in total. The van der Waals surface area contributed by atoms with Gasteiger partial charge in [0, 0.05) is 18.7 Å². The average molecular weight is 372 g/mol. The van der Waals surface area contributed by atoms with Gasteiger partial charge in [0.05, 0.1) is 24.5 Å². The predicted octanol–water partition coefficient (Wildman–Crippen LogP) is 2.80. The van der Waals surface area contributed by atoms with E-state index >= 15 is 0 Å². The maximum Gasteiger partial charge on any atom is 0.394 e. The van der Waals surface area contributed by atoms with Crippen molar-refractivity contribution in [1.29, 1.82) is 0 Å². The molecule has 9 heteroatoms. The van der Waals surface area contributed by atoms with Gasteiger partial charge in [-0.3, -0.25) is 4.79 Å². The summed E-state index contributed by atoms with van der Waals surface area (Å²) < 4.78 is 44.8. The summed E-state index contributed by atoms with van der Waals surface area (Å²) in [4.78, 5) is 24.6. The van der Waals surface area contributed by atoms with E-state index in [2.05, 4.69) is 5.32 Å². The second-order valence-electron chi connectivity index (χ2n) is 6.53. The minimum Gasteiger partial charge on any atom is -0.493 e. The van der Waals surface area contributed by atoms with Gasteiger partial charge in [0.2, 0.25) is 0 Å². The van der Waals surface area contributed by atoms with Gasteiger partial charge in [-0.1, -0.05) is 18.2 Å². The molecule has 1 aromatic carbocycles. The molecular weight excluding hydrogens is 353 g/mol. The van der Waals surface area contributed by atoms with E-state index in [0.717, 1.165) is 10.5 Å². The molecule has 26 heavy (non-hydrogen) atoms. The molecule has 1 unspecified atom stereocenters. The number of amides is 2. The Hall–Kier alpha value is -2.45. The van der Waals surface area contributed by atoms with Crippen LogP contribution in [0.25, 0.3) is 0 Å². The largest absolute Gasteiger partial charge is 0.493 e. The second kappa shape index (κ2) is 7.05. The molecule has 2 aliphatic heterocycles. The fourth-order valence-electron chi connectivity index (χ4n) is 3.47. The second-order valence-corrected chi connectivity index (χ2v) is 6.53. The average Bonchev–Trinajstić information content (AvgIpc) is 2.95. The van der Waals surface area contributed by atoms with Crippen LogP contribution in [0.5, 0.6) is 5.75 Å². The Bertz CT molecular complexity index is 695. The molecule has 0 saturated carbocycles. The Kier molecular flexibility index (Phi) is 4.97. The van der Waals surface area contributed by atoms with Gasteiger partial charge in [-0.05, 0) is 18.9 Å². The summed E-state index contributed by atoms with van der Waals surface area (Å²) in [5.41, 5.74) is 0.764. The van der Waals surface area contributed by atoms with Gasteiger partial charge < -0.3 is 20.1 Å². The van der Waals surface area contributed by atoms with Gasteiger partial charge >= 0.3 is 18.2 Å². The standard InChI is InChI=1S/C17H19F3N2O4/c18-17(19,20)12-9-22(8-11(12)15(23)24)16(25)21-13-5-3-7-26-14-6-2-1-4-10(13)14/h1-2,4,6,11-13H,3,5,7-9H2,(H,21,25)(H,23,24)/t11-,12-,13?/m1/s1. The number of hydrogen-bond acceptors (Lipinski definition) is 3. The Morgan fingerprint density at radius 2 is 1.96 bits per heavy atom. The van der Waals surface area contributed by atoms with Crippen molar-refractivity contribution in [2.45, 2.75) is 25.1 Å². The zero-order valence-corrected chi connectivity index (χ0v) is 13.8. The summed E-state index contributed by atoms with van der Waals surface area (Å²) in [5, 5.41) is 11.8. The Morgan fingerprint density at radius 3 is 2.62 bits per heavy atom. The Balaban J connectivity index is 1.73. The SMILES string of the molecule is O=C(O)[C@@H]1CN(C(=O)NC2CCCOc3ccccc32)C[C@H]1C(F)(F)F. The van der Waals surface area contributed by atoms with E-state index in [4.69, 9.17) is 9.84 Å². The molecule has 6 nitrogen and oxygen atoms in total. The summed E-state index contributed by atoms with van der Waals surface area (Å²) >= 11 is 0. The monoisotopic (exact) mass is 372 g/mol. The summed E-state index contributed by atoms with van der Waals surface area (Å²) in [7, 11) is 0. The van der Waals surface area contributed by atoms with E-state index in [1.165, 1.54) is 0 Å². The van der Waals surface area contributed by atoms with Gasteiger partial charge in [-0.2, -0.15) is 13.2 Å². The molecule has 0 aromatic heterocycles. The number of nitrogens with zero attached hydrogens (tertiary/aromatic N) is 1. The number of nitrogens with one attached hydrogen (secondary N) is 1. The van der Waals surface area contributed by atoms with Crippen LogP contribution in [0.1, 0.15) is 24.4 Å². The quantitative estimate of drug-likeness (QED) is 0.837. The third kappa shape index (κ3) is 3.71. The van der Waals surface area contributed by atoms with Gasteiger partial charge in [-0.25, -0.2) is 4.79 Å². The number of para-hydroxylation sites is 1. The molecule has 0 bridgehead atoms. The Morgan fingerprint density at radius 1 is 1.23 bits per heavy atom. The maximum atomic E-state index is 13.1. The minimum atomic E-state index is -4.67. The van der Waals surface area contributed by atoms with Crippen LogP contribution in [0.3, 0.4) is 0 Å². The number of carbonyl (C=O) groups excluding carboxylic acids is 1. The molecule has 1 aromatic rings. The molecule has 0 radical (unpaired) electrons. The van der Waals surface area contributed by atoms with Crippen molar-refractivity contribution in [3.8, 4) is 5.75 Å². The number of carboxylic acid groups (broad SMARTS) is 1. The zero-order chi connectivity index (χ0) is 18.9. The number of alkyl halides is 3. The molecule has 2 amide bonds. The third-order valence-electron chi connectivity index (χ3n) is 4.83. The highest BCUT2D eigenvalue weighted by molar-refractivity contribution is 5.78. The van der Waals surface area contributed by atoms with Crippen LogP contribution in [0.2, 0.25) is 0 Å². The summed E-state index contributed by atoms with van der Waals surface area (Å²) in [5.74, 6) is -4.62. The highest BCUT2D eigenvalue weighted by Crippen LogP contribution is 2.38. The van der Waals surface area contributed by atoms with Crippen LogP contribution in [-0.2, 0) is 4.79 Å². The molecule has 142 valence electrons. The molecule has 1 saturated heterocycles. The van der Waals surface area contributed by atoms with Crippen LogP contribution in [-0.4, -0.2) is 47.9 Å². The van der Waals surface area contributed by atoms with Crippen molar-refractivity contribution >= 4 is 12.0 Å². The Labute approximate surface area is 147 Å². The van der Waals surface area contributed by atoms with Gasteiger partial charge in [-0.15, -0.1) is 0 Å². The van der Waals surface area contributed by atoms with Crippen LogP contribution >= 0.6 is 0 Å². The van der Waals surface area contributed by atoms with Gasteiger partial charge in [0.1, 0.15) is 5.75 Å². The van der Waals surface area contributed by atoms with E-state index in [1.54, 1.807) is 24.3 Å². The predicted molar refractivity (Wildman–Crippen MR) is 84.7 cm³/mol. The van der Waals surface area contributed by atoms with Gasteiger partial charge in [0.25, 0.3) is 0 Å². The number of fused-ring (bicyclic) bond motifs is 1. The number of aliphatic carboxylic acids is 1. The van der Waals surface area contributed by atoms with Gasteiger partial charge in [0.15, 0.2) is 0 Å². The first-order valence-electron chi connectivity index (χ1n) is 8.34. The number of carbonyl (C=O) groups is 2. The van der Waals surface area contributed by atoms with Crippen molar-refractivity contribution in [3.05, 3.63) is 29.8 Å². The number of rotatable bonds is 2. The number of halogens is 3. The zero-order valence-electron chi connectivity index (χ0n) is 13.8. The lowest BCUT2D eigenvalue weighted by atomic mass is 9.96. The molecule has 2 heterocycles. The number of ether oxygens (including phenoxy) is 1. The number of hydrogen-bond donors (Lipinski definition) is 2. The van der Waals surface area contributed by atoms with Crippen molar-refractivity contribution < 1.29 is 32.6 Å². The molecule has 0 aliphatic carbocycles. The van der Waals surface area contributed by atoms with Crippen molar-refractivity contribution in [2.24, 2.45) is 11.8 Å². The van der Waals surface area contributed by atoms with E-state index in [0.29, 0.717) is 25.2 Å². The molecule has 2 aliphatic rings. The van der Waals surface area contributed by atoms with E-state index in [1.807, 2.05) is 0 Å². The first-order chi connectivity index (χ1) is 12.3. The van der Waals surface area contributed by atoms with Crippen molar-refractivity contribution in [1.82, 2.24) is 10.2 Å². The number of benzene rings is 1. The summed E-state index contributed by atoms with van der Waals surface area (Å²) in [6, 6.07) is 6.08. The topological polar surface area (TPSA) is 78.9 Å². The lowest BCUT2D eigenvalue weighted by molar-refractivity contribution is -0.187. The highest BCUT2D eigenvalue weighted by Gasteiger charge is 2.53. The van der Waals surface area contributed by atoms with E-state index in [9.17, 15) is 22.8 Å². The molecule has 1 fully saturated rings. The fraction of sp³-hybridized carbons (Fsp3) is 0.529. The van der Waals surface area contributed by atoms with E-state index < -0.39 is 49.1 Å². The fourth-order valence-corrected chi connectivity index (χ4v) is 3.47. The summed E-state index contributed by atoms with van der Waals surface area (Å²) in [6.07, 6.45) is -3.40. The number of carboxylic acids is 1. The normalized spacial score (nSPS) is 25.8. The smallest absolute Gasteiger partial charge is 0.394 e. The highest BCUT2D eigenvalue weighted by atomic mass is 19.4. The number of urea groups is 1. The first kappa shape index (κ1) is 18.3. The summed E-state index contributed by atoms with van der Waals surface area (Å²) in [6.45, 7) is -0.627. The van der Waals surface area contributed by atoms with Crippen LogP contribution in [0, 0.1) is 11.8 Å².